The molecule has 1 aromatic carbocycles. The van der Waals surface area contributed by atoms with E-state index in [1.807, 2.05) is 0 Å². The first kappa shape index (κ1) is 11.5. The molecule has 2 unspecified atom stereocenters. The summed E-state index contributed by atoms with van der Waals surface area (Å²) < 4.78 is 0. The molecule has 94 valence electrons. The molecule has 1 aliphatic carbocycles. The van der Waals surface area contributed by atoms with Crippen LogP contribution in [0.2, 0.25) is 5.02 Å². The van der Waals surface area contributed by atoms with E-state index in [1.165, 1.54) is 17.0 Å². The number of anilines is 1. The van der Waals surface area contributed by atoms with Crippen molar-refractivity contribution in [1.82, 2.24) is 0 Å². The van der Waals surface area contributed by atoms with Crippen molar-refractivity contribution >= 4 is 29.1 Å². The molecule has 2 atom stereocenters. The van der Waals surface area contributed by atoms with E-state index in [0.29, 0.717) is 5.69 Å². The van der Waals surface area contributed by atoms with E-state index in [2.05, 4.69) is 0 Å². The largest absolute Gasteiger partial charge is 0.506 e. The van der Waals surface area contributed by atoms with Gasteiger partial charge in [-0.3, -0.25) is 9.59 Å². The third-order valence-electron chi connectivity index (χ3n) is 3.78. The molecule has 5 heteroatoms. The second kappa shape index (κ2) is 3.99. The molecule has 18 heavy (non-hydrogen) atoms. The van der Waals surface area contributed by atoms with Gasteiger partial charge in [0.05, 0.1) is 22.5 Å². The van der Waals surface area contributed by atoms with Crippen molar-refractivity contribution < 1.29 is 14.7 Å². The van der Waals surface area contributed by atoms with Gasteiger partial charge in [-0.05, 0) is 25.0 Å². The third kappa shape index (κ3) is 1.52. The Labute approximate surface area is 109 Å². The van der Waals surface area contributed by atoms with Gasteiger partial charge in [-0.15, -0.1) is 0 Å². The van der Waals surface area contributed by atoms with Gasteiger partial charge in [-0.2, -0.15) is 0 Å². The Morgan fingerprint density at radius 2 is 1.78 bits per heavy atom. The van der Waals surface area contributed by atoms with Crippen molar-refractivity contribution in [3.8, 4) is 5.75 Å². The number of imide groups is 1. The molecule has 2 fully saturated rings. The highest BCUT2D eigenvalue weighted by atomic mass is 35.5. The van der Waals surface area contributed by atoms with Gasteiger partial charge >= 0.3 is 0 Å². The first-order valence-corrected chi connectivity index (χ1v) is 6.33. The molecule has 1 N–H and O–H groups in total. The number of halogens is 1. The zero-order chi connectivity index (χ0) is 12.9. The molecule has 2 amide bonds. The number of phenols is 1. The van der Waals surface area contributed by atoms with Gasteiger partial charge in [0.1, 0.15) is 5.75 Å². The quantitative estimate of drug-likeness (QED) is 0.793. The fourth-order valence-corrected chi connectivity index (χ4v) is 3.00. The summed E-state index contributed by atoms with van der Waals surface area (Å²) in [7, 11) is 0. The van der Waals surface area contributed by atoms with Crippen LogP contribution in [0.15, 0.2) is 18.2 Å². The fourth-order valence-electron chi connectivity index (χ4n) is 2.89. The monoisotopic (exact) mass is 265 g/mol. The predicted octanol–water partition coefficient (Wildman–Crippen LogP) is 2.34. The summed E-state index contributed by atoms with van der Waals surface area (Å²) in [5.74, 6) is -0.758. The highest BCUT2D eigenvalue weighted by Crippen LogP contribution is 2.42. The zero-order valence-corrected chi connectivity index (χ0v) is 10.4. The Kier molecular flexibility index (Phi) is 2.55. The summed E-state index contributed by atoms with van der Waals surface area (Å²) in [4.78, 5) is 25.6. The lowest BCUT2D eigenvalue weighted by atomic mass is 10.00. The number of fused-ring (bicyclic) bond motifs is 1. The minimum atomic E-state index is -0.171. The summed E-state index contributed by atoms with van der Waals surface area (Å²) in [6, 6.07) is 4.43. The molecule has 3 rings (SSSR count). The number of hydrogen-bond donors (Lipinski definition) is 1. The van der Waals surface area contributed by atoms with Crippen molar-refractivity contribution in [1.29, 1.82) is 0 Å². The van der Waals surface area contributed by atoms with Crippen LogP contribution in [-0.2, 0) is 9.59 Å². The van der Waals surface area contributed by atoms with Crippen LogP contribution in [0.25, 0.3) is 0 Å². The SMILES string of the molecule is O=C1C2CCCC2C(=O)N1c1ccc(Cl)c(O)c1. The van der Waals surface area contributed by atoms with Crippen molar-refractivity contribution in [2.45, 2.75) is 19.3 Å². The topological polar surface area (TPSA) is 57.6 Å². The zero-order valence-electron chi connectivity index (χ0n) is 9.60. The molecule has 1 heterocycles. The Bertz CT molecular complexity index is 521. The Morgan fingerprint density at radius 1 is 1.17 bits per heavy atom. The first-order valence-electron chi connectivity index (χ1n) is 5.96. The Morgan fingerprint density at radius 3 is 2.33 bits per heavy atom. The second-order valence-electron chi connectivity index (χ2n) is 4.79. The van der Waals surface area contributed by atoms with Crippen LogP contribution in [0.1, 0.15) is 19.3 Å². The van der Waals surface area contributed by atoms with Crippen LogP contribution < -0.4 is 4.90 Å². The fraction of sp³-hybridized carbons (Fsp3) is 0.385. The lowest BCUT2D eigenvalue weighted by Crippen LogP contribution is -2.31. The molecular formula is C13H12ClNO3. The number of carbonyl (C=O) groups is 2. The molecule has 0 aromatic heterocycles. The van der Waals surface area contributed by atoms with Crippen molar-refractivity contribution in [3.63, 3.8) is 0 Å². The number of rotatable bonds is 1. The molecule has 2 aliphatic rings. The number of benzene rings is 1. The summed E-state index contributed by atoms with van der Waals surface area (Å²) in [6.45, 7) is 0. The Hall–Kier alpha value is -1.55. The number of carbonyl (C=O) groups excluding carboxylic acids is 2. The van der Waals surface area contributed by atoms with Crippen LogP contribution in [0.4, 0.5) is 5.69 Å². The van der Waals surface area contributed by atoms with Crippen LogP contribution in [-0.4, -0.2) is 16.9 Å². The summed E-state index contributed by atoms with van der Waals surface area (Å²) in [5, 5.41) is 9.76. The van der Waals surface area contributed by atoms with E-state index < -0.39 is 0 Å². The van der Waals surface area contributed by atoms with E-state index in [4.69, 9.17) is 11.6 Å². The van der Waals surface area contributed by atoms with E-state index in [0.717, 1.165) is 19.3 Å². The van der Waals surface area contributed by atoms with Gasteiger partial charge in [0.2, 0.25) is 11.8 Å². The molecular weight excluding hydrogens is 254 g/mol. The predicted molar refractivity (Wildman–Crippen MR) is 66.4 cm³/mol. The van der Waals surface area contributed by atoms with Crippen molar-refractivity contribution in [3.05, 3.63) is 23.2 Å². The molecule has 0 bridgehead atoms. The minimum absolute atomic E-state index is 0.119. The second-order valence-corrected chi connectivity index (χ2v) is 5.20. The number of phenolic OH excluding ortho intramolecular Hbond substituents is 1. The number of aromatic hydroxyl groups is 1. The maximum absolute atomic E-state index is 12.2. The summed E-state index contributed by atoms with van der Waals surface area (Å²) in [5.41, 5.74) is 0.404. The molecule has 1 saturated heterocycles. The van der Waals surface area contributed by atoms with Gasteiger partial charge < -0.3 is 5.11 Å². The van der Waals surface area contributed by atoms with Crippen LogP contribution >= 0.6 is 11.6 Å². The summed E-state index contributed by atoms with van der Waals surface area (Å²) in [6.07, 6.45) is 2.50. The van der Waals surface area contributed by atoms with Crippen molar-refractivity contribution in [2.24, 2.45) is 11.8 Å². The highest BCUT2D eigenvalue weighted by Gasteiger charge is 2.50. The van der Waals surface area contributed by atoms with Crippen molar-refractivity contribution in [2.75, 3.05) is 4.90 Å². The van der Waals surface area contributed by atoms with E-state index in [-0.39, 0.29) is 34.4 Å². The van der Waals surface area contributed by atoms with Gasteiger partial charge in [0, 0.05) is 6.07 Å². The average molecular weight is 266 g/mol. The van der Waals surface area contributed by atoms with Gasteiger partial charge in [-0.1, -0.05) is 18.0 Å². The van der Waals surface area contributed by atoms with Gasteiger partial charge in [-0.25, -0.2) is 4.90 Å². The maximum atomic E-state index is 12.2. The van der Waals surface area contributed by atoms with E-state index in [1.54, 1.807) is 6.07 Å². The summed E-state index contributed by atoms with van der Waals surface area (Å²) >= 11 is 5.72. The third-order valence-corrected chi connectivity index (χ3v) is 4.10. The standard InChI is InChI=1S/C13H12ClNO3/c14-10-5-4-7(6-11(10)16)15-12(17)8-2-1-3-9(8)13(15)18/h4-6,8-9,16H,1-3H2. The average Bonchev–Trinajstić information content (AvgIpc) is 2.89. The maximum Gasteiger partial charge on any atom is 0.237 e. The lowest BCUT2D eigenvalue weighted by molar-refractivity contribution is -0.122. The molecule has 0 radical (unpaired) electrons. The highest BCUT2D eigenvalue weighted by molar-refractivity contribution is 6.32. The number of hydrogen-bond acceptors (Lipinski definition) is 3. The number of nitrogens with zero attached hydrogens (tertiary/aromatic N) is 1. The molecule has 0 spiro atoms. The number of amides is 2. The van der Waals surface area contributed by atoms with Gasteiger partial charge in [0.15, 0.2) is 0 Å². The molecule has 1 aromatic rings. The van der Waals surface area contributed by atoms with E-state index in [9.17, 15) is 14.7 Å². The van der Waals surface area contributed by atoms with Crippen LogP contribution in [0.5, 0.6) is 5.75 Å². The van der Waals surface area contributed by atoms with Gasteiger partial charge in [0.25, 0.3) is 0 Å². The molecule has 4 nitrogen and oxygen atoms in total. The lowest BCUT2D eigenvalue weighted by Gasteiger charge is -2.16. The van der Waals surface area contributed by atoms with E-state index >= 15 is 0 Å². The molecule has 1 aliphatic heterocycles. The first-order chi connectivity index (χ1) is 8.59. The normalized spacial score (nSPS) is 26.8. The van der Waals surface area contributed by atoms with Crippen LogP contribution in [0, 0.1) is 11.8 Å². The minimum Gasteiger partial charge on any atom is -0.506 e. The smallest absolute Gasteiger partial charge is 0.237 e. The Balaban J connectivity index is 1.99. The van der Waals surface area contributed by atoms with Crippen LogP contribution in [0.3, 0.4) is 0 Å². The molecule has 1 saturated carbocycles.